The van der Waals surface area contributed by atoms with Crippen LogP contribution in [0.3, 0.4) is 0 Å². The van der Waals surface area contributed by atoms with Crippen LogP contribution in [0.25, 0.3) is 0 Å². The highest BCUT2D eigenvalue weighted by Gasteiger charge is 2.61. The van der Waals surface area contributed by atoms with E-state index in [4.69, 9.17) is 34.7 Å². The summed E-state index contributed by atoms with van der Waals surface area (Å²) in [6, 6.07) is 6.05. The number of sulfone groups is 1. The maximum absolute atomic E-state index is 13.3. The van der Waals surface area contributed by atoms with E-state index < -0.39 is 37.9 Å². The molecule has 2 atom stereocenters. The van der Waals surface area contributed by atoms with Gasteiger partial charge in [-0.2, -0.15) is 0 Å². The second-order valence-electron chi connectivity index (χ2n) is 5.75. The Morgan fingerprint density at radius 2 is 1.75 bits per heavy atom. The molecule has 0 amide bonds. The summed E-state index contributed by atoms with van der Waals surface area (Å²) in [4.78, 5) is 11.7. The fourth-order valence-electron chi connectivity index (χ4n) is 2.56. The molecule has 0 spiro atoms. The number of carboxylic acid groups (broad SMARTS) is 1. The van der Waals surface area contributed by atoms with Crippen LogP contribution in [0.15, 0.2) is 29.2 Å². The average Bonchev–Trinajstić information content (AvgIpc) is 2.55. The van der Waals surface area contributed by atoms with E-state index in [0.29, 0.717) is 0 Å². The van der Waals surface area contributed by atoms with Gasteiger partial charge < -0.3 is 16.6 Å². The Balaban J connectivity index is 3.68. The largest absolute Gasteiger partial charge is 0.480 e. The van der Waals surface area contributed by atoms with Crippen molar-refractivity contribution < 1.29 is 18.3 Å². The Hall–Kier alpha value is -0.860. The molecule has 1 aromatic carbocycles. The topological polar surface area (TPSA) is 123 Å². The lowest BCUT2D eigenvalue weighted by Gasteiger charge is -2.42. The highest BCUT2D eigenvalue weighted by molar-refractivity contribution is 7.93. The molecular formula is C15H22Cl2N2O4S. The van der Waals surface area contributed by atoms with Gasteiger partial charge in [-0.1, -0.05) is 17.7 Å². The molecule has 9 heteroatoms. The summed E-state index contributed by atoms with van der Waals surface area (Å²) < 4.78 is 24.6. The van der Waals surface area contributed by atoms with Gasteiger partial charge in [0.25, 0.3) is 0 Å². The zero-order chi connectivity index (χ0) is 18.6. The molecule has 24 heavy (non-hydrogen) atoms. The molecule has 0 saturated heterocycles. The van der Waals surface area contributed by atoms with Crippen molar-refractivity contribution in [2.45, 2.75) is 34.9 Å². The van der Waals surface area contributed by atoms with Crippen molar-refractivity contribution in [3.05, 3.63) is 29.8 Å². The number of aliphatic carboxylic acids is 1. The van der Waals surface area contributed by atoms with Crippen LogP contribution in [0.4, 0.5) is 0 Å². The number of alkyl halides is 2. The maximum Gasteiger partial charge on any atom is 0.326 e. The van der Waals surface area contributed by atoms with Crippen LogP contribution in [0.1, 0.15) is 18.4 Å². The Kier molecular flexibility index (Phi) is 7.07. The maximum atomic E-state index is 13.3. The molecule has 0 radical (unpaired) electrons. The third-order valence-electron chi connectivity index (χ3n) is 4.25. The third kappa shape index (κ3) is 3.41. The predicted octanol–water partition coefficient (Wildman–Crippen LogP) is 1.51. The van der Waals surface area contributed by atoms with Gasteiger partial charge in [0, 0.05) is 5.88 Å². The van der Waals surface area contributed by atoms with E-state index in [9.17, 15) is 18.3 Å². The summed E-state index contributed by atoms with van der Waals surface area (Å²) in [7, 11) is -4.19. The van der Waals surface area contributed by atoms with Gasteiger partial charge >= 0.3 is 5.97 Å². The van der Waals surface area contributed by atoms with Gasteiger partial charge in [0.2, 0.25) is 0 Å². The number of hydrogen-bond donors (Lipinski definition) is 3. The number of carbonyl (C=O) groups is 1. The van der Waals surface area contributed by atoms with Gasteiger partial charge in [0.05, 0.1) is 10.8 Å². The van der Waals surface area contributed by atoms with Gasteiger partial charge in [-0.25, -0.2) is 8.42 Å². The summed E-state index contributed by atoms with van der Waals surface area (Å²) in [5, 5.41) is 9.59. The minimum absolute atomic E-state index is 0.0491. The van der Waals surface area contributed by atoms with E-state index >= 15 is 0 Å². The van der Waals surface area contributed by atoms with Crippen LogP contribution in [0.5, 0.6) is 0 Å². The molecule has 0 aromatic heterocycles. The lowest BCUT2D eigenvalue weighted by Crippen LogP contribution is -2.71. The molecule has 6 nitrogen and oxygen atoms in total. The van der Waals surface area contributed by atoms with Gasteiger partial charge in [-0.05, 0) is 38.4 Å². The third-order valence-corrected chi connectivity index (χ3v) is 7.92. The zero-order valence-electron chi connectivity index (χ0n) is 13.3. The number of nitrogens with two attached hydrogens (primary N) is 2. The van der Waals surface area contributed by atoms with Crippen LogP contribution < -0.4 is 11.5 Å². The van der Waals surface area contributed by atoms with Crippen molar-refractivity contribution in [3.63, 3.8) is 0 Å². The first-order chi connectivity index (χ1) is 11.1. The molecule has 136 valence electrons. The molecule has 0 fully saturated rings. The summed E-state index contributed by atoms with van der Waals surface area (Å²) in [6.07, 6.45) is 0.125. The molecular weight excluding hydrogens is 375 g/mol. The van der Waals surface area contributed by atoms with E-state index in [1.807, 2.05) is 6.92 Å². The second-order valence-corrected chi connectivity index (χ2v) is 8.54. The Morgan fingerprint density at radius 1 is 1.21 bits per heavy atom. The molecule has 5 N–H and O–H groups in total. The first-order valence-corrected chi connectivity index (χ1v) is 9.83. The summed E-state index contributed by atoms with van der Waals surface area (Å²) in [6.45, 7) is 1.98. The molecule has 1 aromatic rings. The van der Waals surface area contributed by atoms with Crippen LogP contribution in [-0.2, 0) is 14.6 Å². The normalized spacial score (nSPS) is 17.0. The number of aryl methyl sites for hydroxylation is 1. The predicted molar refractivity (Wildman–Crippen MR) is 95.4 cm³/mol. The van der Waals surface area contributed by atoms with Crippen LogP contribution in [0, 0.1) is 6.92 Å². The van der Waals surface area contributed by atoms with Crippen molar-refractivity contribution >= 4 is 39.0 Å². The lowest BCUT2D eigenvalue weighted by molar-refractivity contribution is -0.143. The zero-order valence-corrected chi connectivity index (χ0v) is 15.7. The number of rotatable bonds is 9. The second kappa shape index (κ2) is 8.01. The first-order valence-electron chi connectivity index (χ1n) is 7.28. The van der Waals surface area contributed by atoms with Crippen molar-refractivity contribution in [1.82, 2.24) is 0 Å². The Labute approximate surface area is 152 Å². The number of carboxylic acids is 1. The minimum atomic E-state index is -4.19. The van der Waals surface area contributed by atoms with Gasteiger partial charge in [0.1, 0.15) is 10.3 Å². The van der Waals surface area contributed by atoms with E-state index in [2.05, 4.69) is 0 Å². The van der Waals surface area contributed by atoms with Gasteiger partial charge in [0.15, 0.2) is 9.84 Å². The fraction of sp³-hybridized carbons (Fsp3) is 0.533. The smallest absolute Gasteiger partial charge is 0.326 e. The SMILES string of the molecule is Cc1ccc(S(=O)(=O)C(CCl)(CCCN)C(N)(CCl)C(=O)O)cc1. The quantitative estimate of drug-likeness (QED) is 0.543. The van der Waals surface area contributed by atoms with Gasteiger partial charge in [-0.3, -0.25) is 4.79 Å². The van der Waals surface area contributed by atoms with Crippen LogP contribution in [0.2, 0.25) is 0 Å². The molecule has 0 bridgehead atoms. The number of hydrogen-bond acceptors (Lipinski definition) is 5. The molecule has 0 aliphatic rings. The van der Waals surface area contributed by atoms with Crippen LogP contribution >= 0.6 is 23.2 Å². The van der Waals surface area contributed by atoms with Crippen LogP contribution in [-0.4, -0.2) is 48.1 Å². The number of benzene rings is 1. The van der Waals surface area contributed by atoms with E-state index in [1.165, 1.54) is 12.1 Å². The molecule has 0 aliphatic carbocycles. The van der Waals surface area contributed by atoms with E-state index in [1.54, 1.807) is 12.1 Å². The Morgan fingerprint density at radius 3 is 2.12 bits per heavy atom. The molecule has 1 rings (SSSR count). The highest BCUT2D eigenvalue weighted by atomic mass is 35.5. The van der Waals surface area contributed by atoms with Crippen molar-refractivity contribution in [2.24, 2.45) is 11.5 Å². The summed E-state index contributed by atoms with van der Waals surface area (Å²) in [5.74, 6) is -2.64. The molecule has 0 aliphatic heterocycles. The number of halogens is 2. The van der Waals surface area contributed by atoms with Gasteiger partial charge in [-0.15, -0.1) is 23.2 Å². The fourth-order valence-corrected chi connectivity index (χ4v) is 5.95. The van der Waals surface area contributed by atoms with Crippen molar-refractivity contribution in [2.75, 3.05) is 18.3 Å². The van der Waals surface area contributed by atoms with E-state index in [-0.39, 0.29) is 24.3 Å². The highest BCUT2D eigenvalue weighted by Crippen LogP contribution is 2.40. The Bertz CT molecular complexity index is 681. The molecule has 0 heterocycles. The summed E-state index contributed by atoms with van der Waals surface area (Å²) in [5.41, 5.74) is 10.1. The lowest BCUT2D eigenvalue weighted by atomic mass is 9.83. The van der Waals surface area contributed by atoms with Crippen molar-refractivity contribution in [1.29, 1.82) is 0 Å². The molecule has 2 unspecified atom stereocenters. The minimum Gasteiger partial charge on any atom is -0.480 e. The van der Waals surface area contributed by atoms with E-state index in [0.717, 1.165) is 5.56 Å². The standard InChI is InChI=1S/C15H22Cl2N2O4S/c1-11-3-5-12(6-4-11)24(22,23)14(9-16,7-2-8-18)15(19,10-17)13(20)21/h3-6H,2,7-10,18-19H2,1H3,(H,20,21). The first kappa shape index (κ1) is 21.2. The monoisotopic (exact) mass is 396 g/mol. The average molecular weight is 397 g/mol. The van der Waals surface area contributed by atoms with Crippen molar-refractivity contribution in [3.8, 4) is 0 Å². The molecule has 0 saturated carbocycles. The summed E-state index contributed by atoms with van der Waals surface area (Å²) >= 11 is 11.8.